The molecule has 1 atom stereocenters. The molecule has 0 unspecified atom stereocenters. The third kappa shape index (κ3) is 6.13. The fourth-order valence-corrected chi connectivity index (χ4v) is 3.93. The fraction of sp³-hybridized carbons (Fsp3) is 0.304. The molecule has 34 heavy (non-hydrogen) atoms. The summed E-state index contributed by atoms with van der Waals surface area (Å²) >= 11 is 0. The number of aromatic nitrogens is 2. The number of anilines is 1. The summed E-state index contributed by atoms with van der Waals surface area (Å²) < 4.78 is 44.2. The van der Waals surface area contributed by atoms with Gasteiger partial charge in [-0.2, -0.15) is 5.10 Å². The molecule has 0 radical (unpaired) electrons. The van der Waals surface area contributed by atoms with Crippen LogP contribution in [0, 0.1) is 0 Å². The number of rotatable bonds is 10. The first-order chi connectivity index (χ1) is 16.1. The van der Waals surface area contributed by atoms with Crippen LogP contribution < -0.4 is 14.8 Å². The molecule has 0 aliphatic rings. The Hall–Kier alpha value is -3.41. The topological polar surface area (TPSA) is 112 Å². The number of amides is 1. The number of methoxy groups -OCH3 is 1. The normalized spacial score (nSPS) is 12.4. The quantitative estimate of drug-likeness (QED) is 0.467. The second-order valence-electron chi connectivity index (χ2n) is 7.73. The summed E-state index contributed by atoms with van der Waals surface area (Å²) in [7, 11) is 2.69. The third-order valence-electron chi connectivity index (χ3n) is 4.72. The van der Waals surface area contributed by atoms with E-state index >= 15 is 0 Å². The minimum atomic E-state index is -3.56. The lowest BCUT2D eigenvalue weighted by Crippen LogP contribution is -2.22. The van der Waals surface area contributed by atoms with Gasteiger partial charge >= 0.3 is 0 Å². The Morgan fingerprint density at radius 1 is 1.12 bits per heavy atom. The van der Waals surface area contributed by atoms with Gasteiger partial charge in [0.2, 0.25) is 10.0 Å². The molecule has 3 rings (SSSR count). The van der Waals surface area contributed by atoms with Crippen molar-refractivity contribution in [1.29, 1.82) is 0 Å². The lowest BCUT2D eigenvalue weighted by atomic mass is 10.1. The van der Waals surface area contributed by atoms with Crippen LogP contribution in [0.5, 0.6) is 17.2 Å². The molecule has 0 aliphatic carbocycles. The first-order valence-corrected chi connectivity index (χ1v) is 11.8. The van der Waals surface area contributed by atoms with Gasteiger partial charge in [-0.15, -0.1) is 0 Å². The summed E-state index contributed by atoms with van der Waals surface area (Å²) in [6, 6.07) is 12.5. The van der Waals surface area contributed by atoms with Crippen LogP contribution in [0.4, 0.5) is 5.82 Å². The van der Waals surface area contributed by atoms with Crippen molar-refractivity contribution >= 4 is 21.7 Å². The number of hydrogen-bond donors (Lipinski definition) is 1. The van der Waals surface area contributed by atoms with Crippen molar-refractivity contribution in [3.8, 4) is 17.2 Å². The van der Waals surface area contributed by atoms with E-state index in [1.807, 2.05) is 6.92 Å². The van der Waals surface area contributed by atoms with Gasteiger partial charge in [0.15, 0.2) is 5.82 Å². The van der Waals surface area contributed by atoms with Crippen molar-refractivity contribution in [3.63, 3.8) is 0 Å². The highest BCUT2D eigenvalue weighted by Gasteiger charge is 2.19. The number of aryl methyl sites for hydroxylation is 1. The van der Waals surface area contributed by atoms with Crippen molar-refractivity contribution in [3.05, 3.63) is 60.3 Å². The Morgan fingerprint density at radius 2 is 1.79 bits per heavy atom. The number of carbonyl (C=O) groups excluding carboxylic acids is 1. The zero-order valence-electron chi connectivity index (χ0n) is 19.7. The number of hydrogen-bond acceptors (Lipinski definition) is 7. The highest BCUT2D eigenvalue weighted by atomic mass is 32.2. The average Bonchev–Trinajstić information content (AvgIpc) is 3.19. The Balaban J connectivity index is 1.89. The molecule has 2 aromatic carbocycles. The van der Waals surface area contributed by atoms with Gasteiger partial charge in [-0.3, -0.25) is 9.48 Å². The lowest BCUT2D eigenvalue weighted by molar-refractivity contribution is 0.0916. The summed E-state index contributed by atoms with van der Waals surface area (Å²) in [5.41, 5.74) is 0.220. The molecule has 0 aliphatic heterocycles. The fourth-order valence-electron chi connectivity index (χ4n) is 3.03. The highest BCUT2D eigenvalue weighted by Crippen LogP contribution is 2.31. The molecule has 1 N–H and O–H groups in total. The first kappa shape index (κ1) is 25.2. The number of carbonyl (C=O) groups is 1. The lowest BCUT2D eigenvalue weighted by Gasteiger charge is -2.17. The van der Waals surface area contributed by atoms with Gasteiger partial charge in [0, 0.05) is 40.5 Å². The Labute approximate surface area is 199 Å². The molecular weight excluding hydrogens is 460 g/mol. The molecule has 11 heteroatoms. The van der Waals surface area contributed by atoms with Gasteiger partial charge in [-0.1, -0.05) is 0 Å². The van der Waals surface area contributed by atoms with Crippen LogP contribution in [-0.4, -0.2) is 62.3 Å². The van der Waals surface area contributed by atoms with E-state index in [-0.39, 0.29) is 22.3 Å². The summed E-state index contributed by atoms with van der Waals surface area (Å²) in [4.78, 5) is 13.2. The Morgan fingerprint density at radius 3 is 2.38 bits per heavy atom. The van der Waals surface area contributed by atoms with Gasteiger partial charge in [0.1, 0.15) is 23.4 Å². The summed E-state index contributed by atoms with van der Waals surface area (Å²) in [6.45, 7) is 2.24. The van der Waals surface area contributed by atoms with E-state index in [0.29, 0.717) is 23.9 Å². The molecule has 0 spiro atoms. The maximum atomic E-state index is 13.1. The molecule has 10 nitrogen and oxygen atoms in total. The molecule has 0 bridgehead atoms. The maximum Gasteiger partial charge on any atom is 0.260 e. The van der Waals surface area contributed by atoms with Gasteiger partial charge in [0.05, 0.1) is 17.1 Å². The van der Waals surface area contributed by atoms with Crippen LogP contribution >= 0.6 is 0 Å². The zero-order valence-corrected chi connectivity index (χ0v) is 20.5. The summed E-state index contributed by atoms with van der Waals surface area (Å²) in [5.74, 6) is 1.05. The number of nitrogens with zero attached hydrogens (tertiary/aromatic N) is 3. The largest absolute Gasteiger partial charge is 0.488 e. The second-order valence-corrected chi connectivity index (χ2v) is 9.88. The Kier molecular flexibility index (Phi) is 7.92. The highest BCUT2D eigenvalue weighted by molar-refractivity contribution is 7.89. The molecule has 1 heterocycles. The second kappa shape index (κ2) is 10.7. The van der Waals surface area contributed by atoms with Gasteiger partial charge in [0.25, 0.3) is 5.91 Å². The number of ether oxygens (including phenoxy) is 3. The van der Waals surface area contributed by atoms with Gasteiger partial charge in [-0.25, -0.2) is 12.7 Å². The van der Waals surface area contributed by atoms with E-state index < -0.39 is 15.9 Å². The van der Waals surface area contributed by atoms with Crippen LogP contribution in [0.15, 0.2) is 59.6 Å². The standard InChI is InChI=1S/C23H28N4O6S/c1-16(15-31-5)32-18-8-11-21(20(14-18)23(28)24-22-12-13-27(4)25-22)33-17-6-9-19(10-7-17)34(29,30)26(2)3/h6-14,16H,15H2,1-5H3,(H,24,25,28)/t16-/m0/s1. The van der Waals surface area contributed by atoms with Gasteiger partial charge < -0.3 is 19.5 Å². The van der Waals surface area contributed by atoms with Crippen LogP contribution in [0.25, 0.3) is 0 Å². The minimum absolute atomic E-state index is 0.133. The van der Waals surface area contributed by atoms with Crippen molar-refractivity contribution in [1.82, 2.24) is 14.1 Å². The molecule has 3 aromatic rings. The van der Waals surface area contributed by atoms with E-state index in [1.165, 1.54) is 38.4 Å². The summed E-state index contributed by atoms with van der Waals surface area (Å²) in [6.07, 6.45) is 1.48. The van der Waals surface area contributed by atoms with Crippen LogP contribution in [0.2, 0.25) is 0 Å². The van der Waals surface area contributed by atoms with E-state index in [4.69, 9.17) is 14.2 Å². The number of benzene rings is 2. The maximum absolute atomic E-state index is 13.1. The Bertz CT molecular complexity index is 1240. The van der Waals surface area contributed by atoms with Crippen molar-refractivity contribution in [2.24, 2.45) is 7.05 Å². The molecule has 182 valence electrons. The van der Waals surface area contributed by atoms with E-state index in [1.54, 1.807) is 49.3 Å². The SMILES string of the molecule is COC[C@H](C)Oc1ccc(Oc2ccc(S(=O)(=O)N(C)C)cc2)c(C(=O)Nc2ccn(C)n2)c1. The number of sulfonamides is 1. The molecule has 1 amide bonds. The third-order valence-corrected chi connectivity index (χ3v) is 6.55. The molecule has 1 aromatic heterocycles. The van der Waals surface area contributed by atoms with Gasteiger partial charge in [-0.05, 0) is 49.4 Å². The minimum Gasteiger partial charge on any atom is -0.488 e. The molecular formula is C23H28N4O6S. The van der Waals surface area contributed by atoms with Crippen molar-refractivity contribution in [2.75, 3.05) is 33.1 Å². The van der Waals surface area contributed by atoms with Crippen molar-refractivity contribution < 1.29 is 27.4 Å². The zero-order chi connectivity index (χ0) is 24.9. The van der Waals surface area contributed by atoms with E-state index in [9.17, 15) is 13.2 Å². The first-order valence-electron chi connectivity index (χ1n) is 10.4. The van der Waals surface area contributed by atoms with Crippen LogP contribution in [-0.2, 0) is 21.8 Å². The van der Waals surface area contributed by atoms with E-state index in [2.05, 4.69) is 10.4 Å². The predicted octanol–water partition coefficient (Wildman–Crippen LogP) is 3.13. The smallest absolute Gasteiger partial charge is 0.260 e. The van der Waals surface area contributed by atoms with Crippen molar-refractivity contribution in [2.45, 2.75) is 17.9 Å². The number of nitrogens with one attached hydrogen (secondary N) is 1. The van der Waals surface area contributed by atoms with Crippen LogP contribution in [0.3, 0.4) is 0 Å². The molecule has 0 saturated heterocycles. The average molecular weight is 489 g/mol. The predicted molar refractivity (Wildman–Crippen MR) is 127 cm³/mol. The van der Waals surface area contributed by atoms with E-state index in [0.717, 1.165) is 4.31 Å². The summed E-state index contributed by atoms with van der Waals surface area (Å²) in [5, 5.41) is 6.90. The monoisotopic (exact) mass is 488 g/mol. The molecule has 0 fully saturated rings. The van der Waals surface area contributed by atoms with Crippen LogP contribution in [0.1, 0.15) is 17.3 Å². The molecule has 0 saturated carbocycles.